The number of hydrogen-bond acceptors (Lipinski definition) is 7. The average molecular weight is 374 g/mol. The topological polar surface area (TPSA) is 211 Å². The van der Waals surface area contributed by atoms with E-state index in [0.717, 1.165) is 6.92 Å². The van der Waals surface area contributed by atoms with E-state index in [1.54, 1.807) is 0 Å². The first kappa shape index (κ1) is 21.3. The minimum Gasteiger partial charge on any atom is -0.393 e. The van der Waals surface area contributed by atoms with Crippen molar-refractivity contribution < 1.29 is 57.4 Å². The molecule has 7 N–H and O–H groups in total. The van der Waals surface area contributed by atoms with Crippen LogP contribution in [0.4, 0.5) is 0 Å². The van der Waals surface area contributed by atoms with Gasteiger partial charge in [0.1, 0.15) is 11.7 Å². The highest BCUT2D eigenvalue weighted by atomic mass is 31.2. The smallest absolute Gasteiger partial charge is 0.393 e. The lowest BCUT2D eigenvalue weighted by molar-refractivity contribution is -0.0996. The molecule has 3 atom stereocenters. The molecular formula is C6H17O12P3. The predicted octanol–water partition coefficient (Wildman–Crippen LogP) is -1.46. The zero-order valence-electron chi connectivity index (χ0n) is 10.7. The van der Waals surface area contributed by atoms with E-state index in [-0.39, 0.29) is 0 Å². The van der Waals surface area contributed by atoms with Crippen LogP contribution in [0.3, 0.4) is 0 Å². The first-order chi connectivity index (χ1) is 9.10. The second-order valence-corrected chi connectivity index (χ2v) is 9.47. The largest absolute Gasteiger partial charge is 0.470 e. The van der Waals surface area contributed by atoms with Crippen molar-refractivity contribution in [1.82, 2.24) is 0 Å². The number of rotatable bonds is 9. The van der Waals surface area contributed by atoms with E-state index in [1.807, 2.05) is 0 Å². The van der Waals surface area contributed by atoms with Gasteiger partial charge in [0.2, 0.25) is 0 Å². The molecule has 21 heavy (non-hydrogen) atoms. The van der Waals surface area contributed by atoms with Crippen molar-refractivity contribution in [3.05, 3.63) is 0 Å². The molecule has 1 unspecified atom stereocenters. The lowest BCUT2D eigenvalue weighted by atomic mass is 10.0. The molecule has 0 rings (SSSR count). The summed E-state index contributed by atoms with van der Waals surface area (Å²) in [7, 11) is -14.7. The maximum Gasteiger partial charge on any atom is 0.470 e. The van der Waals surface area contributed by atoms with Gasteiger partial charge in [0, 0.05) is 0 Å². The number of phosphoric ester groups is 1. The summed E-state index contributed by atoms with van der Waals surface area (Å²) in [6, 6.07) is 0. The molecule has 0 bridgehead atoms. The van der Waals surface area contributed by atoms with Crippen LogP contribution in [-0.4, -0.2) is 65.5 Å². The number of hydrogen-bond donors (Lipinski definition) is 7. The summed E-state index contributed by atoms with van der Waals surface area (Å²) in [4.78, 5) is 43.5. The summed E-state index contributed by atoms with van der Waals surface area (Å²) in [5.74, 6) is -1.50. The lowest BCUT2D eigenvalue weighted by Gasteiger charge is -2.32. The zero-order valence-corrected chi connectivity index (χ0v) is 13.4. The van der Waals surface area contributed by atoms with E-state index in [9.17, 15) is 18.8 Å². The van der Waals surface area contributed by atoms with Crippen LogP contribution in [0.5, 0.6) is 0 Å². The summed E-state index contributed by atoms with van der Waals surface area (Å²) in [6.45, 7) is -1.24. The Morgan fingerprint density at radius 1 is 1.10 bits per heavy atom. The van der Waals surface area contributed by atoms with Gasteiger partial charge < -0.3 is 39.2 Å². The Labute approximate surface area is 119 Å². The molecule has 0 aliphatic heterocycles. The van der Waals surface area contributed by atoms with E-state index in [1.165, 1.54) is 0 Å². The zero-order chi connectivity index (χ0) is 17.1. The van der Waals surface area contributed by atoms with E-state index < -0.39 is 53.8 Å². The fraction of sp³-hybridized carbons (Fsp3) is 1.00. The van der Waals surface area contributed by atoms with Crippen molar-refractivity contribution in [1.29, 1.82) is 0 Å². The van der Waals surface area contributed by atoms with Gasteiger partial charge in [-0.05, 0) is 6.92 Å². The van der Waals surface area contributed by atoms with Crippen LogP contribution >= 0.6 is 23.0 Å². The third-order valence-corrected chi connectivity index (χ3v) is 6.25. The minimum atomic E-state index is -5.09. The van der Waals surface area contributed by atoms with Crippen molar-refractivity contribution in [3.63, 3.8) is 0 Å². The van der Waals surface area contributed by atoms with E-state index in [0.29, 0.717) is 0 Å². The third-order valence-electron chi connectivity index (χ3n) is 2.14. The van der Waals surface area contributed by atoms with Crippen LogP contribution in [0.1, 0.15) is 6.92 Å². The molecule has 0 aromatic rings. The van der Waals surface area contributed by atoms with Crippen molar-refractivity contribution in [3.8, 4) is 0 Å². The van der Waals surface area contributed by atoms with E-state index >= 15 is 0 Å². The fourth-order valence-electron chi connectivity index (χ4n) is 1.10. The highest BCUT2D eigenvalue weighted by Crippen LogP contribution is 2.55. The standard InChI is InChI=1S/C6H17O12P3/c1-6(3-7,18-21(14,15)16)5(8)2-17-20(12,13)4-19(9,10)11/h5,7-8H,2-4H2,1H3,(H,12,13)(H2,9,10,11)(H2,14,15,16)/t5-,6+/m1/s1. The molecule has 0 saturated heterocycles. The van der Waals surface area contributed by atoms with Gasteiger partial charge in [-0.25, -0.2) is 4.57 Å². The summed E-state index contributed by atoms with van der Waals surface area (Å²) in [5.41, 5.74) is -2.22. The average Bonchev–Trinajstić information content (AvgIpc) is 2.20. The van der Waals surface area contributed by atoms with Gasteiger partial charge in [0.25, 0.3) is 0 Å². The van der Waals surface area contributed by atoms with Gasteiger partial charge in [-0.15, -0.1) is 0 Å². The third kappa shape index (κ3) is 9.14. The van der Waals surface area contributed by atoms with E-state index in [4.69, 9.17) is 29.6 Å². The molecule has 0 heterocycles. The molecule has 128 valence electrons. The number of aliphatic hydroxyl groups is 2. The Morgan fingerprint density at radius 3 is 1.90 bits per heavy atom. The Balaban J connectivity index is 4.80. The Kier molecular flexibility index (Phi) is 7.38. The molecule has 0 radical (unpaired) electrons. The molecule has 12 nitrogen and oxygen atoms in total. The molecule has 0 aliphatic carbocycles. The van der Waals surface area contributed by atoms with Crippen LogP contribution in [0.25, 0.3) is 0 Å². The van der Waals surface area contributed by atoms with Crippen LogP contribution in [0, 0.1) is 0 Å². The van der Waals surface area contributed by atoms with E-state index in [2.05, 4.69) is 9.05 Å². The second kappa shape index (κ2) is 7.27. The lowest BCUT2D eigenvalue weighted by Crippen LogP contribution is -2.47. The highest BCUT2D eigenvalue weighted by Gasteiger charge is 2.41. The van der Waals surface area contributed by atoms with Crippen LogP contribution in [0.2, 0.25) is 0 Å². The maximum absolute atomic E-state index is 11.3. The molecule has 0 spiro atoms. The first-order valence-electron chi connectivity index (χ1n) is 5.16. The van der Waals surface area contributed by atoms with Crippen molar-refractivity contribution in [2.75, 3.05) is 19.1 Å². The summed E-state index contributed by atoms with van der Waals surface area (Å²) in [6.07, 6.45) is -1.97. The van der Waals surface area contributed by atoms with Gasteiger partial charge in [0.15, 0.2) is 5.90 Å². The predicted molar refractivity (Wildman–Crippen MR) is 67.3 cm³/mol. The molecule has 0 aliphatic rings. The molecule has 0 aromatic heterocycles. The minimum absolute atomic E-state index is 0.894. The van der Waals surface area contributed by atoms with Crippen LogP contribution in [0.15, 0.2) is 0 Å². The molecular weight excluding hydrogens is 357 g/mol. The van der Waals surface area contributed by atoms with Gasteiger partial charge in [0.05, 0.1) is 13.2 Å². The molecule has 0 amide bonds. The van der Waals surface area contributed by atoms with Gasteiger partial charge in [-0.3, -0.25) is 13.7 Å². The van der Waals surface area contributed by atoms with Gasteiger partial charge >= 0.3 is 23.0 Å². The van der Waals surface area contributed by atoms with Crippen LogP contribution < -0.4 is 0 Å². The Bertz CT molecular complexity index is 479. The fourth-order valence-corrected chi connectivity index (χ4v) is 4.39. The summed E-state index contributed by atoms with van der Waals surface area (Å²) < 4.78 is 41.0. The first-order valence-corrected chi connectivity index (χ1v) is 10.3. The highest BCUT2D eigenvalue weighted by molar-refractivity contribution is 7.70. The van der Waals surface area contributed by atoms with Crippen molar-refractivity contribution in [2.24, 2.45) is 0 Å². The number of phosphoric acid groups is 1. The SMILES string of the molecule is C[C@@](CO)(OP(=O)(O)O)[C@H](O)COP(=O)(O)CP(=O)(O)O. The van der Waals surface area contributed by atoms with Gasteiger partial charge in [-0.2, -0.15) is 0 Å². The summed E-state index contributed by atoms with van der Waals surface area (Å²) >= 11 is 0. The Morgan fingerprint density at radius 2 is 1.57 bits per heavy atom. The molecule has 0 fully saturated rings. The monoisotopic (exact) mass is 374 g/mol. The number of aliphatic hydroxyl groups excluding tert-OH is 2. The summed E-state index contributed by atoms with van der Waals surface area (Å²) in [5, 5.41) is 18.6. The molecule has 0 aromatic carbocycles. The normalized spacial score (nSPS) is 20.6. The second-order valence-electron chi connectivity index (χ2n) is 4.31. The Hall–Kier alpha value is 0.330. The van der Waals surface area contributed by atoms with Crippen molar-refractivity contribution in [2.45, 2.75) is 18.6 Å². The van der Waals surface area contributed by atoms with Gasteiger partial charge in [-0.1, -0.05) is 0 Å². The maximum atomic E-state index is 11.3. The van der Waals surface area contributed by atoms with Crippen LogP contribution in [-0.2, 0) is 22.7 Å². The molecule has 0 saturated carbocycles. The van der Waals surface area contributed by atoms with Crippen molar-refractivity contribution >= 4 is 23.0 Å². The quantitative estimate of drug-likeness (QED) is 0.231. The molecule has 15 heteroatoms.